The average molecular weight is 450 g/mol. The first-order valence-corrected chi connectivity index (χ1v) is 11.7. The Hall–Kier alpha value is -2.61. The van der Waals surface area contributed by atoms with Crippen LogP contribution >= 0.6 is 0 Å². The maximum atomic E-state index is 13.1. The Kier molecular flexibility index (Phi) is 7.90. The third-order valence-corrected chi connectivity index (χ3v) is 7.11. The number of morpholine rings is 1. The second kappa shape index (κ2) is 10.6. The number of sulfonamides is 1. The van der Waals surface area contributed by atoms with E-state index >= 15 is 0 Å². The Labute approximate surface area is 182 Å². The number of amides is 1. The smallest absolute Gasteiger partial charge is 0.340 e. The van der Waals surface area contributed by atoms with E-state index in [2.05, 4.69) is 11.2 Å². The molecule has 0 spiro atoms. The van der Waals surface area contributed by atoms with E-state index in [1.54, 1.807) is 6.07 Å². The van der Waals surface area contributed by atoms with Gasteiger partial charge in [0.05, 0.1) is 35.9 Å². The van der Waals surface area contributed by atoms with Crippen molar-refractivity contribution >= 4 is 27.6 Å². The Bertz CT molecular complexity index is 944. The van der Waals surface area contributed by atoms with E-state index in [9.17, 15) is 18.0 Å². The molecule has 0 radical (unpaired) electrons. The normalized spacial score (nSPS) is 17.6. The zero-order valence-corrected chi connectivity index (χ0v) is 18.2. The summed E-state index contributed by atoms with van der Waals surface area (Å²) in [5.74, 6) is 0.961. The van der Waals surface area contributed by atoms with Crippen molar-refractivity contribution in [2.75, 3.05) is 57.4 Å². The minimum Gasteiger partial charge on any atom is -0.452 e. The maximum absolute atomic E-state index is 13.1. The topological polar surface area (TPSA) is 105 Å². The third-order valence-electron chi connectivity index (χ3n) is 5.21. The summed E-state index contributed by atoms with van der Waals surface area (Å²) < 4.78 is 38.1. The summed E-state index contributed by atoms with van der Waals surface area (Å²) in [7, 11) is -3.73. The largest absolute Gasteiger partial charge is 0.452 e. The van der Waals surface area contributed by atoms with E-state index in [0.717, 1.165) is 19.3 Å². The van der Waals surface area contributed by atoms with Crippen molar-refractivity contribution < 1.29 is 27.5 Å². The number of carbonyl (C=O) groups excluding carboxylic acids is 2. The van der Waals surface area contributed by atoms with Crippen LogP contribution in [0.2, 0.25) is 0 Å². The van der Waals surface area contributed by atoms with Crippen molar-refractivity contribution in [3.05, 3.63) is 23.8 Å². The van der Waals surface area contributed by atoms with Gasteiger partial charge in [-0.3, -0.25) is 4.79 Å². The molecule has 1 aromatic rings. The predicted molar refractivity (Wildman–Crippen MR) is 114 cm³/mol. The predicted octanol–water partition coefficient (Wildman–Crippen LogP) is 0.604. The van der Waals surface area contributed by atoms with Gasteiger partial charge in [0.15, 0.2) is 6.61 Å². The number of nitrogens with zero attached hydrogens (tertiary/aromatic N) is 2. The highest BCUT2D eigenvalue weighted by molar-refractivity contribution is 7.89. The van der Waals surface area contributed by atoms with Crippen LogP contribution in [0.5, 0.6) is 0 Å². The molecule has 0 unspecified atom stereocenters. The van der Waals surface area contributed by atoms with E-state index in [-0.39, 0.29) is 17.0 Å². The molecule has 3 rings (SSSR count). The molecule has 9 nitrogen and oxygen atoms in total. The molecule has 0 saturated carbocycles. The second-order valence-electron chi connectivity index (χ2n) is 7.30. The number of nitrogens with one attached hydrogen (secondary N) is 1. The molecule has 2 aliphatic rings. The van der Waals surface area contributed by atoms with E-state index in [4.69, 9.17) is 15.9 Å². The average Bonchev–Trinajstić information content (AvgIpc) is 2.81. The Morgan fingerprint density at radius 1 is 1.13 bits per heavy atom. The van der Waals surface area contributed by atoms with Gasteiger partial charge in [0.2, 0.25) is 10.0 Å². The van der Waals surface area contributed by atoms with Gasteiger partial charge in [0.1, 0.15) is 0 Å². The van der Waals surface area contributed by atoms with Gasteiger partial charge in [0.25, 0.3) is 5.91 Å². The lowest BCUT2D eigenvalue weighted by atomic mass is 10.1. The van der Waals surface area contributed by atoms with Gasteiger partial charge < -0.3 is 19.7 Å². The van der Waals surface area contributed by atoms with Gasteiger partial charge in [0, 0.05) is 26.2 Å². The number of carbonyl (C=O) groups is 2. The molecule has 1 amide bonds. The van der Waals surface area contributed by atoms with Crippen molar-refractivity contribution in [1.82, 2.24) is 9.62 Å². The van der Waals surface area contributed by atoms with E-state index < -0.39 is 28.5 Å². The van der Waals surface area contributed by atoms with Crippen LogP contribution in [-0.2, 0) is 24.3 Å². The molecule has 168 valence electrons. The summed E-state index contributed by atoms with van der Waals surface area (Å²) >= 11 is 0. The standard InChI is InChI=1S/C21H27N3O6S/c1-2-8-22-20(25)16-30-21(26)18-15-17(31(27,28)24-9-4-3-5-10-24)6-7-19(18)23-11-13-29-14-12-23/h1,6-7,15H,3-5,8-14,16H2,(H,22,25). The number of hydrogen-bond acceptors (Lipinski definition) is 7. The molecule has 1 aromatic carbocycles. The highest BCUT2D eigenvalue weighted by Crippen LogP contribution is 2.28. The molecule has 2 fully saturated rings. The van der Waals surface area contributed by atoms with Gasteiger partial charge in [-0.15, -0.1) is 6.42 Å². The molecule has 0 aliphatic carbocycles. The van der Waals surface area contributed by atoms with Gasteiger partial charge in [-0.25, -0.2) is 13.2 Å². The van der Waals surface area contributed by atoms with Crippen molar-refractivity contribution in [2.24, 2.45) is 0 Å². The summed E-state index contributed by atoms with van der Waals surface area (Å²) in [5, 5.41) is 2.41. The van der Waals surface area contributed by atoms with Gasteiger partial charge in [-0.2, -0.15) is 4.31 Å². The number of esters is 1. The van der Waals surface area contributed by atoms with Crippen LogP contribution in [0.3, 0.4) is 0 Å². The fraction of sp³-hybridized carbons (Fsp3) is 0.524. The van der Waals surface area contributed by atoms with Crippen LogP contribution < -0.4 is 10.2 Å². The highest BCUT2D eigenvalue weighted by atomic mass is 32.2. The number of terminal acetylenes is 1. The molecule has 0 bridgehead atoms. The van der Waals surface area contributed by atoms with Crippen molar-refractivity contribution in [3.8, 4) is 12.3 Å². The van der Waals surface area contributed by atoms with Crippen LogP contribution in [-0.4, -0.2) is 77.1 Å². The summed E-state index contributed by atoms with van der Waals surface area (Å²) in [6, 6.07) is 4.48. The van der Waals surface area contributed by atoms with Crippen LogP contribution in [0.4, 0.5) is 5.69 Å². The quantitative estimate of drug-likeness (QED) is 0.480. The van der Waals surface area contributed by atoms with Crippen molar-refractivity contribution in [1.29, 1.82) is 0 Å². The molecule has 31 heavy (non-hydrogen) atoms. The number of hydrogen-bond donors (Lipinski definition) is 1. The first-order chi connectivity index (χ1) is 14.9. The monoisotopic (exact) mass is 449 g/mol. The highest BCUT2D eigenvalue weighted by Gasteiger charge is 2.29. The number of piperidine rings is 1. The molecule has 10 heteroatoms. The van der Waals surface area contributed by atoms with E-state index in [1.807, 2.05) is 4.90 Å². The number of benzene rings is 1. The second-order valence-corrected chi connectivity index (χ2v) is 9.24. The lowest BCUT2D eigenvalue weighted by Gasteiger charge is -2.31. The fourth-order valence-corrected chi connectivity index (χ4v) is 5.13. The Balaban J connectivity index is 1.87. The zero-order valence-electron chi connectivity index (χ0n) is 17.3. The fourth-order valence-electron chi connectivity index (χ4n) is 3.58. The minimum atomic E-state index is -3.73. The number of ether oxygens (including phenoxy) is 2. The first kappa shape index (κ1) is 23.1. The zero-order chi connectivity index (χ0) is 22.3. The Morgan fingerprint density at radius 3 is 2.52 bits per heavy atom. The molecule has 1 N–H and O–H groups in total. The molecule has 2 aliphatic heterocycles. The van der Waals surface area contributed by atoms with E-state index in [0.29, 0.717) is 45.1 Å². The third kappa shape index (κ3) is 5.76. The van der Waals surface area contributed by atoms with Crippen molar-refractivity contribution in [3.63, 3.8) is 0 Å². The number of anilines is 1. The van der Waals surface area contributed by atoms with Gasteiger partial charge >= 0.3 is 5.97 Å². The summed E-state index contributed by atoms with van der Waals surface area (Å²) in [6.45, 7) is 2.55. The molecular weight excluding hydrogens is 422 g/mol. The van der Waals surface area contributed by atoms with E-state index in [1.165, 1.54) is 16.4 Å². The van der Waals surface area contributed by atoms with Crippen molar-refractivity contribution in [2.45, 2.75) is 24.2 Å². The molecule has 0 atom stereocenters. The summed E-state index contributed by atoms with van der Waals surface area (Å²) in [4.78, 5) is 26.6. The molecule has 0 aromatic heterocycles. The molecule has 2 saturated heterocycles. The van der Waals surface area contributed by atoms with Gasteiger partial charge in [-0.05, 0) is 31.0 Å². The first-order valence-electron chi connectivity index (χ1n) is 10.3. The Morgan fingerprint density at radius 2 is 1.84 bits per heavy atom. The lowest BCUT2D eigenvalue weighted by Crippen LogP contribution is -2.38. The molecular formula is C21H27N3O6S. The van der Waals surface area contributed by atoms with Crippen LogP contribution in [0.1, 0.15) is 29.6 Å². The van der Waals surface area contributed by atoms with Crippen LogP contribution in [0.25, 0.3) is 0 Å². The van der Waals surface area contributed by atoms with Crippen LogP contribution in [0, 0.1) is 12.3 Å². The minimum absolute atomic E-state index is 0.0268. The summed E-state index contributed by atoms with van der Waals surface area (Å²) in [5.41, 5.74) is 0.652. The molecule has 2 heterocycles. The van der Waals surface area contributed by atoms with Crippen LogP contribution in [0.15, 0.2) is 23.1 Å². The number of rotatable bonds is 7. The van der Waals surface area contributed by atoms with Gasteiger partial charge in [-0.1, -0.05) is 12.3 Å². The SMILES string of the molecule is C#CCNC(=O)COC(=O)c1cc(S(=O)(=O)N2CCCCC2)ccc1N1CCOCC1. The lowest BCUT2D eigenvalue weighted by molar-refractivity contribution is -0.123. The summed E-state index contributed by atoms with van der Waals surface area (Å²) in [6.07, 6.45) is 7.72. The maximum Gasteiger partial charge on any atom is 0.340 e.